The molecule has 2 aromatic carbocycles. The molecular weight excluding hydrogens is 601 g/mol. The van der Waals surface area contributed by atoms with Gasteiger partial charge < -0.3 is 9.97 Å². The molecule has 2 aliphatic rings. The topological polar surface area (TPSA) is 166 Å². The molecule has 4 N–H and O–H groups in total. The van der Waals surface area contributed by atoms with Gasteiger partial charge in [-0.2, -0.15) is 16.8 Å². The van der Waals surface area contributed by atoms with Crippen LogP contribution in [-0.4, -0.2) is 45.9 Å². The minimum atomic E-state index is -4.39. The number of hydrogen-bond donors (Lipinski definition) is 4. The minimum Gasteiger partial charge on any atom is -0.355 e. The van der Waals surface area contributed by atoms with E-state index < -0.39 is 20.2 Å². The van der Waals surface area contributed by atoms with Crippen LogP contribution in [0, 0.1) is 0 Å². The third-order valence-corrected chi connectivity index (χ3v) is 9.01. The molecule has 10 nitrogen and oxygen atoms in total. The molecule has 0 unspecified atom stereocenters. The smallest absolute Gasteiger partial charge is 0.294 e. The maximum Gasteiger partial charge on any atom is 0.294 e. The molecule has 0 spiro atoms. The van der Waals surface area contributed by atoms with Crippen molar-refractivity contribution < 1.29 is 25.9 Å². The van der Waals surface area contributed by atoms with Crippen molar-refractivity contribution in [1.82, 2.24) is 19.9 Å². The normalized spacial score (nSPS) is 13.0. The Morgan fingerprint density at radius 1 is 0.500 bits per heavy atom. The minimum absolute atomic E-state index is 0.229. The second-order valence-corrected chi connectivity index (χ2v) is 13.0. The lowest BCUT2D eigenvalue weighted by atomic mass is 10.0. The van der Waals surface area contributed by atoms with E-state index >= 15 is 0 Å². The molecule has 5 heterocycles. The fourth-order valence-corrected chi connectivity index (χ4v) is 6.22. The number of aromatic nitrogens is 4. The Morgan fingerprint density at radius 3 is 1.59 bits per heavy atom. The van der Waals surface area contributed by atoms with E-state index in [2.05, 4.69) is 9.97 Å². The lowest BCUT2D eigenvalue weighted by Crippen LogP contribution is -1.98. The molecule has 0 fully saturated rings. The van der Waals surface area contributed by atoms with Crippen molar-refractivity contribution in [2.45, 2.75) is 9.79 Å². The van der Waals surface area contributed by atoms with Crippen molar-refractivity contribution >= 4 is 66.6 Å². The summed E-state index contributed by atoms with van der Waals surface area (Å²) in [6.45, 7) is 0. The van der Waals surface area contributed by atoms with Gasteiger partial charge in [0.25, 0.3) is 20.2 Å². The standard InChI is InChI=1S/C32H22N4O6S2/c37-43(38,39)25-9-1-19(2-10-25)31-27-13-7-23(34-27)17-21-5-6-22(33-21)18-24-8-14-28(35-24)32(30-16-15-29(31)36-30)20-3-11-26(12-4-20)44(40,41)42/h1-18,33-34H,(H,37,38,39)(H,40,41,42). The fourth-order valence-electron chi connectivity index (χ4n) is 5.26. The van der Waals surface area contributed by atoms with E-state index in [1.807, 2.05) is 60.7 Å². The van der Waals surface area contributed by atoms with E-state index in [0.29, 0.717) is 45.0 Å². The molecule has 44 heavy (non-hydrogen) atoms. The zero-order chi connectivity index (χ0) is 30.6. The number of aromatic amines is 2. The van der Waals surface area contributed by atoms with E-state index in [0.717, 1.165) is 22.1 Å². The van der Waals surface area contributed by atoms with Gasteiger partial charge in [0.15, 0.2) is 0 Å². The number of nitrogens with zero attached hydrogens (tertiary/aromatic N) is 2. The lowest BCUT2D eigenvalue weighted by molar-refractivity contribution is 0.481. The number of rotatable bonds is 4. The van der Waals surface area contributed by atoms with Crippen molar-refractivity contribution in [3.8, 4) is 22.3 Å². The molecule has 0 atom stereocenters. The van der Waals surface area contributed by atoms with Crippen LogP contribution in [0.15, 0.2) is 94.7 Å². The zero-order valence-corrected chi connectivity index (χ0v) is 24.3. The number of nitrogens with one attached hydrogen (secondary N) is 2. The van der Waals surface area contributed by atoms with Crippen LogP contribution < -0.4 is 0 Å². The van der Waals surface area contributed by atoms with Crippen molar-refractivity contribution in [3.63, 3.8) is 0 Å². The Kier molecular flexibility index (Phi) is 6.44. The molecule has 12 heteroatoms. The number of benzene rings is 2. The summed E-state index contributed by atoms with van der Waals surface area (Å²) < 4.78 is 65.8. The number of H-pyrrole nitrogens is 2. The number of fused-ring (bicyclic) bond motifs is 8. The summed E-state index contributed by atoms with van der Waals surface area (Å²) in [5, 5.41) is 0. The van der Waals surface area contributed by atoms with E-state index in [1.165, 1.54) is 24.3 Å². The summed E-state index contributed by atoms with van der Waals surface area (Å²) in [6.07, 6.45) is 7.40. The van der Waals surface area contributed by atoms with Gasteiger partial charge in [0.05, 0.1) is 32.6 Å². The van der Waals surface area contributed by atoms with Crippen LogP contribution in [-0.2, 0) is 20.2 Å². The average molecular weight is 623 g/mol. The molecule has 0 saturated heterocycles. The third-order valence-electron chi connectivity index (χ3n) is 7.28. The monoisotopic (exact) mass is 622 g/mol. The van der Waals surface area contributed by atoms with E-state index in [9.17, 15) is 25.9 Å². The van der Waals surface area contributed by atoms with Crippen LogP contribution in [0.4, 0.5) is 0 Å². The molecule has 2 aliphatic heterocycles. The number of hydrogen-bond acceptors (Lipinski definition) is 6. The predicted octanol–water partition coefficient (Wildman–Crippen LogP) is 6.48. The average Bonchev–Trinajstić information content (AvgIpc) is 3.79. The second-order valence-electron chi connectivity index (χ2n) is 10.2. The van der Waals surface area contributed by atoms with Crippen LogP contribution in [0.1, 0.15) is 22.8 Å². The Morgan fingerprint density at radius 2 is 0.977 bits per heavy atom. The van der Waals surface area contributed by atoms with Gasteiger partial charge in [-0.1, -0.05) is 24.3 Å². The highest BCUT2D eigenvalue weighted by atomic mass is 32.2. The van der Waals surface area contributed by atoms with Gasteiger partial charge in [0.2, 0.25) is 0 Å². The molecule has 3 aromatic heterocycles. The molecule has 0 aliphatic carbocycles. The second kappa shape index (κ2) is 10.2. The quantitative estimate of drug-likeness (QED) is 0.162. The van der Waals surface area contributed by atoms with Gasteiger partial charge in [-0.05, 0) is 96.1 Å². The highest BCUT2D eigenvalue weighted by Crippen LogP contribution is 2.35. The molecule has 0 saturated carbocycles. The zero-order valence-electron chi connectivity index (χ0n) is 22.6. The first-order chi connectivity index (χ1) is 21.0. The highest BCUT2D eigenvalue weighted by Gasteiger charge is 2.18. The summed E-state index contributed by atoms with van der Waals surface area (Å²) in [5.41, 5.74) is 8.30. The summed E-state index contributed by atoms with van der Waals surface area (Å²) >= 11 is 0. The van der Waals surface area contributed by atoms with Crippen molar-refractivity contribution in [3.05, 3.63) is 108 Å². The van der Waals surface area contributed by atoms with E-state index in [4.69, 9.17) is 9.97 Å². The van der Waals surface area contributed by atoms with Crippen LogP contribution in [0.3, 0.4) is 0 Å². The Balaban J connectivity index is 1.57. The molecule has 8 bridgehead atoms. The van der Waals surface area contributed by atoms with Gasteiger partial charge >= 0.3 is 0 Å². The summed E-state index contributed by atoms with van der Waals surface area (Å²) in [6, 6.07) is 23.3. The summed E-state index contributed by atoms with van der Waals surface area (Å²) in [7, 11) is -8.77. The van der Waals surface area contributed by atoms with Gasteiger partial charge in [-0.15, -0.1) is 0 Å². The molecular formula is C32H22N4O6S2. The van der Waals surface area contributed by atoms with Crippen molar-refractivity contribution in [1.29, 1.82) is 0 Å². The fraction of sp³-hybridized carbons (Fsp3) is 0. The first-order valence-corrected chi connectivity index (χ1v) is 16.2. The van der Waals surface area contributed by atoms with Crippen LogP contribution in [0.5, 0.6) is 0 Å². The van der Waals surface area contributed by atoms with E-state index in [-0.39, 0.29) is 9.79 Å². The van der Waals surface area contributed by atoms with Crippen LogP contribution in [0.2, 0.25) is 0 Å². The predicted molar refractivity (Wildman–Crippen MR) is 169 cm³/mol. The first kappa shape index (κ1) is 27.7. The Labute approximate surface area is 251 Å². The summed E-state index contributed by atoms with van der Waals surface area (Å²) in [5.74, 6) is 0. The van der Waals surface area contributed by atoms with Gasteiger partial charge in [-0.3, -0.25) is 9.11 Å². The maximum atomic E-state index is 11.7. The van der Waals surface area contributed by atoms with Gasteiger partial charge in [0.1, 0.15) is 0 Å². The third kappa shape index (κ3) is 5.27. The lowest BCUT2D eigenvalue weighted by Gasteiger charge is -2.07. The molecule has 7 rings (SSSR count). The SMILES string of the molecule is O=S(=O)(O)c1ccc(-c2c3nc(cc4ccc(cc5ccc([nH]5)c(-c5ccc(S(=O)(=O)O)cc5)c5nc2C=C5)[nH]4)C=C3)cc1. The van der Waals surface area contributed by atoms with E-state index in [1.54, 1.807) is 24.3 Å². The van der Waals surface area contributed by atoms with Crippen molar-refractivity contribution in [2.75, 3.05) is 0 Å². The molecule has 0 radical (unpaired) electrons. The van der Waals surface area contributed by atoms with Gasteiger partial charge in [0, 0.05) is 33.2 Å². The molecule has 0 amide bonds. The van der Waals surface area contributed by atoms with Crippen LogP contribution in [0.25, 0.3) is 68.6 Å². The molecule has 5 aromatic rings. The Hall–Kier alpha value is -5.14. The van der Waals surface area contributed by atoms with Gasteiger partial charge in [-0.25, -0.2) is 9.97 Å². The van der Waals surface area contributed by atoms with Crippen molar-refractivity contribution in [2.24, 2.45) is 0 Å². The maximum absolute atomic E-state index is 11.7. The molecule has 218 valence electrons. The first-order valence-electron chi connectivity index (χ1n) is 13.3. The highest BCUT2D eigenvalue weighted by molar-refractivity contribution is 7.86. The summed E-state index contributed by atoms with van der Waals surface area (Å²) in [4.78, 5) is 16.1. The largest absolute Gasteiger partial charge is 0.355 e. The Bertz CT molecular complexity index is 2420. The van der Waals surface area contributed by atoms with Crippen LogP contribution >= 0.6 is 0 Å².